The van der Waals surface area contributed by atoms with Gasteiger partial charge in [0.25, 0.3) is 0 Å². The van der Waals surface area contributed by atoms with E-state index in [1.807, 2.05) is 0 Å². The minimum absolute atomic E-state index is 0.0121. The molecule has 8 heavy (non-hydrogen) atoms. The van der Waals surface area contributed by atoms with Gasteiger partial charge >= 0.3 is 0 Å². The standard InChI is InChI=1S/C4H9ClN2O/c1-7(2)6-4(8)3-5/h3H2,1-2H3,(H,6,8). The molecule has 0 aromatic carbocycles. The summed E-state index contributed by atoms with van der Waals surface area (Å²) in [5.74, 6) is -0.172. The van der Waals surface area contributed by atoms with Gasteiger partial charge in [0.2, 0.25) is 5.91 Å². The number of halogens is 1. The third-order valence-corrected chi connectivity index (χ3v) is 0.712. The van der Waals surface area contributed by atoms with Gasteiger partial charge in [-0.15, -0.1) is 11.6 Å². The molecule has 0 aromatic rings. The average Bonchev–Trinajstić information content (AvgIpc) is 1.65. The Hall–Kier alpha value is -0.280. The average molecular weight is 137 g/mol. The van der Waals surface area contributed by atoms with Crippen LogP contribution in [0.2, 0.25) is 0 Å². The fourth-order valence-corrected chi connectivity index (χ4v) is 0.339. The minimum Gasteiger partial charge on any atom is -0.288 e. The highest BCUT2D eigenvalue weighted by molar-refractivity contribution is 6.27. The van der Waals surface area contributed by atoms with Crippen molar-refractivity contribution in [3.05, 3.63) is 0 Å². The summed E-state index contributed by atoms with van der Waals surface area (Å²) in [4.78, 5) is 10.3. The van der Waals surface area contributed by atoms with E-state index in [0.29, 0.717) is 0 Å². The maximum atomic E-state index is 10.3. The molecule has 0 aliphatic heterocycles. The molecule has 3 nitrogen and oxygen atoms in total. The van der Waals surface area contributed by atoms with Crippen LogP contribution in [0.5, 0.6) is 0 Å². The SMILES string of the molecule is CN(C)NC(=O)CCl. The summed E-state index contributed by atoms with van der Waals surface area (Å²) in [7, 11) is 3.45. The van der Waals surface area contributed by atoms with Crippen molar-refractivity contribution in [1.82, 2.24) is 10.4 Å². The number of hydrogen-bond donors (Lipinski definition) is 1. The highest BCUT2D eigenvalue weighted by atomic mass is 35.5. The number of nitrogens with zero attached hydrogens (tertiary/aromatic N) is 1. The topological polar surface area (TPSA) is 32.3 Å². The molecular formula is C4H9ClN2O. The van der Waals surface area contributed by atoms with Gasteiger partial charge in [-0.1, -0.05) is 0 Å². The maximum absolute atomic E-state index is 10.3. The second-order valence-electron chi connectivity index (χ2n) is 1.56. The molecule has 0 radical (unpaired) electrons. The van der Waals surface area contributed by atoms with Crippen molar-refractivity contribution in [1.29, 1.82) is 0 Å². The smallest absolute Gasteiger partial charge is 0.249 e. The first kappa shape index (κ1) is 7.72. The van der Waals surface area contributed by atoms with Crippen LogP contribution in [0.15, 0.2) is 0 Å². The lowest BCUT2D eigenvalue weighted by Crippen LogP contribution is -2.36. The Kier molecular flexibility index (Phi) is 3.56. The second-order valence-corrected chi connectivity index (χ2v) is 1.83. The largest absolute Gasteiger partial charge is 0.288 e. The summed E-state index contributed by atoms with van der Waals surface area (Å²) >= 11 is 5.16. The number of alkyl halides is 1. The van der Waals surface area contributed by atoms with Crippen LogP contribution in [0, 0.1) is 0 Å². The molecule has 0 aliphatic carbocycles. The first-order chi connectivity index (χ1) is 3.66. The monoisotopic (exact) mass is 136 g/mol. The van der Waals surface area contributed by atoms with Gasteiger partial charge in [0.05, 0.1) is 0 Å². The lowest BCUT2D eigenvalue weighted by atomic mass is 10.7. The first-order valence-corrected chi connectivity index (χ1v) is 2.73. The van der Waals surface area contributed by atoms with Crippen molar-refractivity contribution >= 4 is 17.5 Å². The number of hydrazine groups is 1. The van der Waals surface area contributed by atoms with Crippen molar-refractivity contribution in [2.75, 3.05) is 20.0 Å². The molecule has 0 unspecified atom stereocenters. The predicted octanol–water partition coefficient (Wildman–Crippen LogP) is -0.182. The van der Waals surface area contributed by atoms with Crippen molar-refractivity contribution < 1.29 is 4.79 Å². The van der Waals surface area contributed by atoms with E-state index < -0.39 is 0 Å². The molecule has 0 fully saturated rings. The Balaban J connectivity index is 3.25. The highest BCUT2D eigenvalue weighted by Gasteiger charge is 1.95. The van der Waals surface area contributed by atoms with Gasteiger partial charge in [-0.05, 0) is 0 Å². The van der Waals surface area contributed by atoms with E-state index in [9.17, 15) is 4.79 Å². The van der Waals surface area contributed by atoms with Crippen LogP contribution in [0.1, 0.15) is 0 Å². The molecule has 0 saturated carbocycles. The summed E-state index contributed by atoms with van der Waals surface area (Å²) < 4.78 is 0. The molecule has 1 N–H and O–H groups in total. The van der Waals surface area contributed by atoms with Gasteiger partial charge < -0.3 is 0 Å². The zero-order chi connectivity index (χ0) is 6.57. The predicted molar refractivity (Wildman–Crippen MR) is 32.5 cm³/mol. The Bertz CT molecular complexity index is 84.1. The zero-order valence-electron chi connectivity index (χ0n) is 4.94. The van der Waals surface area contributed by atoms with Crippen LogP contribution < -0.4 is 5.43 Å². The van der Waals surface area contributed by atoms with E-state index in [4.69, 9.17) is 11.6 Å². The number of hydrogen-bond acceptors (Lipinski definition) is 2. The molecule has 0 atom stereocenters. The number of amides is 1. The van der Waals surface area contributed by atoms with E-state index in [0.717, 1.165) is 0 Å². The van der Waals surface area contributed by atoms with Crippen LogP contribution in [-0.2, 0) is 4.79 Å². The molecular weight excluding hydrogens is 128 g/mol. The summed E-state index contributed by atoms with van der Waals surface area (Å²) in [5, 5.41) is 1.55. The van der Waals surface area contributed by atoms with Crippen molar-refractivity contribution in [2.24, 2.45) is 0 Å². The fraction of sp³-hybridized carbons (Fsp3) is 0.750. The number of carbonyl (C=O) groups excluding carboxylic acids is 1. The molecule has 0 aliphatic rings. The lowest BCUT2D eigenvalue weighted by Gasteiger charge is -2.08. The zero-order valence-corrected chi connectivity index (χ0v) is 5.70. The van der Waals surface area contributed by atoms with E-state index in [2.05, 4.69) is 5.43 Å². The summed E-state index contributed by atoms with van der Waals surface area (Å²) in [5.41, 5.74) is 2.45. The summed E-state index contributed by atoms with van der Waals surface area (Å²) in [6.45, 7) is 0. The van der Waals surface area contributed by atoms with Gasteiger partial charge in [-0.25, -0.2) is 5.01 Å². The Morgan fingerprint density at radius 1 is 1.75 bits per heavy atom. The number of carbonyl (C=O) groups is 1. The molecule has 1 amide bonds. The number of rotatable bonds is 2. The van der Waals surface area contributed by atoms with Gasteiger partial charge in [-0.3, -0.25) is 10.2 Å². The molecule has 48 valence electrons. The Morgan fingerprint density at radius 2 is 2.25 bits per heavy atom. The van der Waals surface area contributed by atoms with Crippen LogP contribution in [0.4, 0.5) is 0 Å². The first-order valence-electron chi connectivity index (χ1n) is 2.19. The highest BCUT2D eigenvalue weighted by Crippen LogP contribution is 1.73. The van der Waals surface area contributed by atoms with Crippen LogP contribution in [0.3, 0.4) is 0 Å². The quantitative estimate of drug-likeness (QED) is 0.422. The van der Waals surface area contributed by atoms with Gasteiger partial charge in [0, 0.05) is 14.1 Å². The van der Waals surface area contributed by atoms with Crippen molar-refractivity contribution in [2.45, 2.75) is 0 Å². The van der Waals surface area contributed by atoms with Crippen molar-refractivity contribution in [3.63, 3.8) is 0 Å². The summed E-state index contributed by atoms with van der Waals surface area (Å²) in [6, 6.07) is 0. The minimum atomic E-state index is -0.184. The molecule has 4 heteroatoms. The normalized spacial score (nSPS) is 9.50. The van der Waals surface area contributed by atoms with Gasteiger partial charge in [-0.2, -0.15) is 0 Å². The van der Waals surface area contributed by atoms with E-state index in [1.54, 1.807) is 19.1 Å². The van der Waals surface area contributed by atoms with Crippen molar-refractivity contribution in [3.8, 4) is 0 Å². The Morgan fingerprint density at radius 3 is 2.38 bits per heavy atom. The van der Waals surface area contributed by atoms with Gasteiger partial charge in [0.15, 0.2) is 0 Å². The van der Waals surface area contributed by atoms with E-state index in [-0.39, 0.29) is 11.8 Å². The molecule has 0 aromatic heterocycles. The van der Waals surface area contributed by atoms with Crippen LogP contribution in [0.25, 0.3) is 0 Å². The van der Waals surface area contributed by atoms with Gasteiger partial charge in [0.1, 0.15) is 5.88 Å². The molecule has 0 bridgehead atoms. The van der Waals surface area contributed by atoms with Crippen LogP contribution in [-0.4, -0.2) is 30.9 Å². The summed E-state index contributed by atoms with van der Waals surface area (Å²) in [6.07, 6.45) is 0. The molecule has 0 heterocycles. The molecule has 0 rings (SSSR count). The van der Waals surface area contributed by atoms with E-state index >= 15 is 0 Å². The third kappa shape index (κ3) is 3.89. The Labute approximate surface area is 53.6 Å². The van der Waals surface area contributed by atoms with Crippen LogP contribution >= 0.6 is 11.6 Å². The third-order valence-electron chi connectivity index (χ3n) is 0.470. The maximum Gasteiger partial charge on any atom is 0.249 e. The van der Waals surface area contributed by atoms with E-state index in [1.165, 1.54) is 0 Å². The second kappa shape index (κ2) is 3.69. The molecule has 0 saturated heterocycles. The number of nitrogens with one attached hydrogen (secondary N) is 1. The molecule has 0 spiro atoms. The lowest BCUT2D eigenvalue weighted by molar-refractivity contribution is -0.122. The fourth-order valence-electron chi connectivity index (χ4n) is 0.279.